The maximum Gasteiger partial charge on any atom is 0.338 e. The van der Waals surface area contributed by atoms with Crippen LogP contribution in [0.1, 0.15) is 35.7 Å². The molecule has 1 aromatic carbocycles. The quantitative estimate of drug-likeness (QED) is 0.794. The zero-order valence-electron chi connectivity index (χ0n) is 12.9. The molecule has 1 fully saturated rings. The third-order valence-corrected chi connectivity index (χ3v) is 5.31. The number of esters is 1. The van der Waals surface area contributed by atoms with E-state index >= 15 is 0 Å². The highest BCUT2D eigenvalue weighted by atomic mass is 32.2. The highest BCUT2D eigenvalue weighted by molar-refractivity contribution is 7.89. The molecule has 1 aliphatic heterocycles. The first-order chi connectivity index (χ1) is 10.4. The third-order valence-electron chi connectivity index (χ3n) is 3.65. The Kier molecular flexibility index (Phi) is 5.55. The summed E-state index contributed by atoms with van der Waals surface area (Å²) >= 11 is 0. The van der Waals surface area contributed by atoms with Gasteiger partial charge in [0.25, 0.3) is 0 Å². The summed E-state index contributed by atoms with van der Waals surface area (Å²) in [7, 11) is -3.65. The van der Waals surface area contributed by atoms with E-state index in [9.17, 15) is 13.2 Å². The van der Waals surface area contributed by atoms with E-state index in [-0.39, 0.29) is 23.1 Å². The Bertz CT molecular complexity index is 637. The normalized spacial score (nSPS) is 16.5. The second kappa shape index (κ2) is 7.21. The van der Waals surface area contributed by atoms with Crippen LogP contribution in [0.25, 0.3) is 0 Å². The average Bonchev–Trinajstić information content (AvgIpc) is 2.48. The van der Waals surface area contributed by atoms with Crippen LogP contribution < -0.4 is 10.0 Å². The second-order valence-corrected chi connectivity index (χ2v) is 7.03. The monoisotopic (exact) mass is 326 g/mol. The van der Waals surface area contributed by atoms with Crippen molar-refractivity contribution in [1.29, 1.82) is 0 Å². The first-order valence-electron chi connectivity index (χ1n) is 7.45. The first kappa shape index (κ1) is 16.9. The Morgan fingerprint density at radius 2 is 2.05 bits per heavy atom. The summed E-state index contributed by atoms with van der Waals surface area (Å²) < 4.78 is 32.8. The van der Waals surface area contributed by atoms with E-state index < -0.39 is 16.0 Å². The van der Waals surface area contributed by atoms with Gasteiger partial charge in [-0.15, -0.1) is 0 Å². The van der Waals surface area contributed by atoms with Gasteiger partial charge in [-0.3, -0.25) is 0 Å². The molecular formula is C15H22N2O4S. The highest BCUT2D eigenvalue weighted by Crippen LogP contribution is 2.19. The van der Waals surface area contributed by atoms with Gasteiger partial charge in [-0.05, 0) is 57.5 Å². The molecule has 0 unspecified atom stereocenters. The van der Waals surface area contributed by atoms with Crippen LogP contribution in [0, 0.1) is 6.92 Å². The number of ether oxygens (including phenoxy) is 1. The largest absolute Gasteiger partial charge is 0.462 e. The van der Waals surface area contributed by atoms with Gasteiger partial charge in [0.1, 0.15) is 0 Å². The average molecular weight is 326 g/mol. The van der Waals surface area contributed by atoms with Crippen molar-refractivity contribution in [3.05, 3.63) is 29.3 Å². The molecule has 1 aromatic rings. The molecule has 0 aliphatic carbocycles. The fourth-order valence-corrected chi connectivity index (χ4v) is 4.03. The maximum absolute atomic E-state index is 12.6. The molecule has 2 N–H and O–H groups in total. The SMILES string of the molecule is CCOC(=O)c1ccc(C)c(S(=O)(=O)NC2CCNCC2)c1. The van der Waals surface area contributed by atoms with Crippen molar-refractivity contribution >= 4 is 16.0 Å². The number of carbonyl (C=O) groups excluding carboxylic acids is 1. The van der Waals surface area contributed by atoms with Crippen molar-refractivity contribution in [3.63, 3.8) is 0 Å². The van der Waals surface area contributed by atoms with Crippen molar-refractivity contribution in [2.45, 2.75) is 37.6 Å². The third kappa shape index (κ3) is 4.06. The molecule has 7 heteroatoms. The standard InChI is InChI=1S/C15H22N2O4S/c1-3-21-15(18)12-5-4-11(2)14(10-12)22(19,20)17-13-6-8-16-9-7-13/h4-5,10,13,16-17H,3,6-9H2,1-2H3. The molecule has 1 heterocycles. The minimum atomic E-state index is -3.65. The van der Waals surface area contributed by atoms with E-state index in [1.54, 1.807) is 26.0 Å². The zero-order chi connectivity index (χ0) is 16.2. The number of nitrogens with one attached hydrogen (secondary N) is 2. The smallest absolute Gasteiger partial charge is 0.338 e. The van der Waals surface area contributed by atoms with Crippen LogP contribution in [0.4, 0.5) is 0 Å². The van der Waals surface area contributed by atoms with Crippen molar-refractivity contribution in [1.82, 2.24) is 10.0 Å². The summed E-state index contributed by atoms with van der Waals surface area (Å²) in [6.45, 7) is 5.28. The topological polar surface area (TPSA) is 84.5 Å². The Morgan fingerprint density at radius 3 is 2.68 bits per heavy atom. The van der Waals surface area contributed by atoms with E-state index in [0.717, 1.165) is 25.9 Å². The van der Waals surface area contributed by atoms with Crippen molar-refractivity contribution in [3.8, 4) is 0 Å². The summed E-state index contributed by atoms with van der Waals surface area (Å²) in [5.74, 6) is -0.513. The molecule has 0 amide bonds. The molecule has 22 heavy (non-hydrogen) atoms. The Balaban J connectivity index is 2.25. The molecule has 6 nitrogen and oxygen atoms in total. The Labute approximate surface area is 131 Å². The van der Waals surface area contributed by atoms with E-state index in [1.165, 1.54) is 6.07 Å². The number of carbonyl (C=O) groups is 1. The number of piperidine rings is 1. The van der Waals surface area contributed by atoms with Gasteiger partial charge in [-0.2, -0.15) is 0 Å². The number of sulfonamides is 1. The lowest BCUT2D eigenvalue weighted by Gasteiger charge is -2.24. The number of rotatable bonds is 5. The van der Waals surface area contributed by atoms with Crippen molar-refractivity contribution in [2.24, 2.45) is 0 Å². The Morgan fingerprint density at radius 1 is 1.36 bits per heavy atom. The molecule has 1 aliphatic rings. The van der Waals surface area contributed by atoms with Gasteiger partial charge < -0.3 is 10.1 Å². The lowest BCUT2D eigenvalue weighted by Crippen LogP contribution is -2.42. The maximum atomic E-state index is 12.6. The molecule has 0 aromatic heterocycles. The molecule has 2 rings (SSSR count). The minimum absolute atomic E-state index is 0.0723. The predicted molar refractivity (Wildman–Crippen MR) is 83.3 cm³/mol. The summed E-state index contributed by atoms with van der Waals surface area (Å²) in [5, 5.41) is 3.19. The molecule has 122 valence electrons. The number of hydrogen-bond acceptors (Lipinski definition) is 5. The van der Waals surface area contributed by atoms with Gasteiger partial charge in [0, 0.05) is 6.04 Å². The lowest BCUT2D eigenvalue weighted by atomic mass is 10.1. The summed E-state index contributed by atoms with van der Waals surface area (Å²) in [6.07, 6.45) is 1.52. The van der Waals surface area contributed by atoms with E-state index in [1.807, 2.05) is 0 Å². The summed E-state index contributed by atoms with van der Waals surface area (Å²) in [6, 6.07) is 4.52. The van der Waals surface area contributed by atoms with E-state index in [4.69, 9.17) is 4.74 Å². The summed E-state index contributed by atoms with van der Waals surface area (Å²) in [4.78, 5) is 11.9. The van der Waals surface area contributed by atoms with Crippen LogP contribution >= 0.6 is 0 Å². The molecular weight excluding hydrogens is 304 g/mol. The number of hydrogen-bond donors (Lipinski definition) is 2. The van der Waals surface area contributed by atoms with Gasteiger partial charge in [-0.25, -0.2) is 17.9 Å². The van der Waals surface area contributed by atoms with Crippen LogP contribution in [-0.4, -0.2) is 40.1 Å². The summed E-state index contributed by atoms with van der Waals surface area (Å²) in [5.41, 5.74) is 0.854. The molecule has 0 radical (unpaired) electrons. The minimum Gasteiger partial charge on any atom is -0.462 e. The highest BCUT2D eigenvalue weighted by Gasteiger charge is 2.24. The number of benzene rings is 1. The van der Waals surface area contributed by atoms with Crippen LogP contribution in [0.2, 0.25) is 0 Å². The Hall–Kier alpha value is -1.44. The second-order valence-electron chi connectivity index (χ2n) is 5.35. The van der Waals surface area contributed by atoms with Crippen LogP contribution in [0.3, 0.4) is 0 Å². The molecule has 0 saturated carbocycles. The van der Waals surface area contributed by atoms with Gasteiger partial charge in [0.2, 0.25) is 10.0 Å². The zero-order valence-corrected chi connectivity index (χ0v) is 13.7. The fourth-order valence-electron chi connectivity index (χ4n) is 2.45. The van der Waals surface area contributed by atoms with Crippen molar-refractivity contribution < 1.29 is 17.9 Å². The van der Waals surface area contributed by atoms with E-state index in [0.29, 0.717) is 5.56 Å². The molecule has 0 spiro atoms. The van der Waals surface area contributed by atoms with Crippen molar-refractivity contribution in [2.75, 3.05) is 19.7 Å². The van der Waals surface area contributed by atoms with Gasteiger partial charge in [0.15, 0.2) is 0 Å². The molecule has 0 bridgehead atoms. The van der Waals surface area contributed by atoms with Gasteiger partial charge >= 0.3 is 5.97 Å². The number of aryl methyl sites for hydroxylation is 1. The van der Waals surface area contributed by atoms with Crippen LogP contribution in [-0.2, 0) is 14.8 Å². The lowest BCUT2D eigenvalue weighted by molar-refractivity contribution is 0.0526. The first-order valence-corrected chi connectivity index (χ1v) is 8.93. The van der Waals surface area contributed by atoms with Gasteiger partial charge in [0.05, 0.1) is 17.1 Å². The van der Waals surface area contributed by atoms with E-state index in [2.05, 4.69) is 10.0 Å². The molecule has 1 saturated heterocycles. The molecule has 0 atom stereocenters. The van der Waals surface area contributed by atoms with Crippen LogP contribution in [0.15, 0.2) is 23.1 Å². The fraction of sp³-hybridized carbons (Fsp3) is 0.533. The van der Waals surface area contributed by atoms with Gasteiger partial charge in [-0.1, -0.05) is 6.07 Å². The predicted octanol–water partition coefficient (Wildman–Crippen LogP) is 1.20. The van der Waals surface area contributed by atoms with Crippen LogP contribution in [0.5, 0.6) is 0 Å².